The zero-order chi connectivity index (χ0) is 14.9. The second kappa shape index (κ2) is 5.88. The molecule has 3 N–H and O–H groups in total. The Hall–Kier alpha value is -0.830. The largest absolute Gasteiger partial charge is 0.382 e. The summed E-state index contributed by atoms with van der Waals surface area (Å²) in [5, 5.41) is 0.0859. The summed E-state index contributed by atoms with van der Waals surface area (Å²) in [6.07, 6.45) is 1.15. The highest BCUT2D eigenvalue weighted by Gasteiger charge is 2.17. The minimum atomic E-state index is -3.79. The molecule has 5 nitrogen and oxygen atoms in total. The number of nitrogens with one attached hydrogen (secondary N) is 1. The second-order valence-electron chi connectivity index (χ2n) is 3.77. The summed E-state index contributed by atoms with van der Waals surface area (Å²) in [5.74, 6) is 0.0791. The van der Waals surface area contributed by atoms with Crippen molar-refractivity contribution in [1.29, 1.82) is 0 Å². The maximum absolute atomic E-state index is 12.2. The lowest BCUT2D eigenvalue weighted by atomic mass is 10.3. The summed E-state index contributed by atoms with van der Waals surface area (Å²) in [6.45, 7) is 0. The number of aromatic nitrogens is 1. The Labute approximate surface area is 137 Å². The maximum Gasteiger partial charge on any atom is 0.263 e. The fourth-order valence-electron chi connectivity index (χ4n) is 1.35. The van der Waals surface area contributed by atoms with E-state index in [1.807, 2.05) is 0 Å². The van der Waals surface area contributed by atoms with Crippen molar-refractivity contribution in [1.82, 2.24) is 4.98 Å². The molecule has 0 radical (unpaired) electrons. The van der Waals surface area contributed by atoms with Crippen LogP contribution in [0.4, 0.5) is 11.5 Å². The van der Waals surface area contributed by atoms with E-state index in [0.29, 0.717) is 10.2 Å². The van der Waals surface area contributed by atoms with Crippen LogP contribution >= 0.6 is 43.5 Å². The predicted octanol–water partition coefficient (Wildman–Crippen LogP) is 3.64. The van der Waals surface area contributed by atoms with Crippen LogP contribution in [0.1, 0.15) is 0 Å². The number of hydrogen-bond donors (Lipinski definition) is 2. The molecule has 0 atom stereocenters. The molecule has 1 heterocycles. The SMILES string of the molecule is Nc1ncc(S(=O)(=O)Nc2ccc(Br)cc2Br)cc1Cl. The minimum Gasteiger partial charge on any atom is -0.382 e. The Morgan fingerprint density at radius 2 is 1.95 bits per heavy atom. The van der Waals surface area contributed by atoms with Crippen LogP contribution in [-0.2, 0) is 10.0 Å². The summed E-state index contributed by atoms with van der Waals surface area (Å²) in [5.41, 5.74) is 5.86. The van der Waals surface area contributed by atoms with Crippen LogP contribution in [-0.4, -0.2) is 13.4 Å². The molecule has 0 amide bonds. The molecule has 0 aliphatic heterocycles. The number of nitrogens with zero attached hydrogens (tertiary/aromatic N) is 1. The van der Waals surface area contributed by atoms with Gasteiger partial charge in [-0.1, -0.05) is 27.5 Å². The first kappa shape index (κ1) is 15.6. The zero-order valence-electron chi connectivity index (χ0n) is 9.77. The van der Waals surface area contributed by atoms with Crippen LogP contribution in [0.5, 0.6) is 0 Å². The third kappa shape index (κ3) is 3.43. The molecule has 0 aliphatic carbocycles. The molecule has 2 rings (SSSR count). The first-order chi connectivity index (χ1) is 9.29. The van der Waals surface area contributed by atoms with Crippen molar-refractivity contribution >= 4 is 65.0 Å². The number of benzene rings is 1. The van der Waals surface area contributed by atoms with E-state index >= 15 is 0 Å². The van der Waals surface area contributed by atoms with Crippen LogP contribution in [0.3, 0.4) is 0 Å². The van der Waals surface area contributed by atoms with Crippen LogP contribution in [0.15, 0.2) is 44.3 Å². The molecule has 20 heavy (non-hydrogen) atoms. The van der Waals surface area contributed by atoms with Gasteiger partial charge in [-0.2, -0.15) is 0 Å². The van der Waals surface area contributed by atoms with E-state index in [9.17, 15) is 8.42 Å². The average molecular weight is 442 g/mol. The molecule has 0 unspecified atom stereocenters. The van der Waals surface area contributed by atoms with Crippen molar-refractivity contribution in [2.45, 2.75) is 4.90 Å². The van der Waals surface area contributed by atoms with Gasteiger partial charge in [0, 0.05) is 15.1 Å². The number of nitrogens with two attached hydrogens (primary N) is 1. The lowest BCUT2D eigenvalue weighted by molar-refractivity contribution is 0.601. The predicted molar refractivity (Wildman–Crippen MR) is 86.3 cm³/mol. The number of anilines is 2. The monoisotopic (exact) mass is 439 g/mol. The fourth-order valence-corrected chi connectivity index (χ4v) is 3.91. The van der Waals surface area contributed by atoms with E-state index in [1.54, 1.807) is 18.2 Å². The molecule has 0 saturated carbocycles. The van der Waals surface area contributed by atoms with Crippen molar-refractivity contribution in [3.05, 3.63) is 44.4 Å². The van der Waals surface area contributed by atoms with Gasteiger partial charge in [0.15, 0.2) is 0 Å². The zero-order valence-corrected chi connectivity index (χ0v) is 14.5. The van der Waals surface area contributed by atoms with Crippen LogP contribution in [0, 0.1) is 0 Å². The highest BCUT2D eigenvalue weighted by Crippen LogP contribution is 2.29. The summed E-state index contributed by atoms with van der Waals surface area (Å²) in [6, 6.07) is 6.32. The molecular weight excluding hydrogens is 433 g/mol. The third-order valence-corrected chi connectivity index (χ3v) is 5.11. The van der Waals surface area contributed by atoms with Gasteiger partial charge in [-0.15, -0.1) is 0 Å². The van der Waals surface area contributed by atoms with Gasteiger partial charge >= 0.3 is 0 Å². The van der Waals surface area contributed by atoms with Crippen molar-refractivity contribution < 1.29 is 8.42 Å². The van der Waals surface area contributed by atoms with E-state index in [-0.39, 0.29) is 15.7 Å². The van der Waals surface area contributed by atoms with E-state index in [2.05, 4.69) is 41.6 Å². The molecule has 1 aromatic carbocycles. The lowest BCUT2D eigenvalue weighted by Crippen LogP contribution is -2.14. The van der Waals surface area contributed by atoms with Crippen molar-refractivity contribution in [3.8, 4) is 0 Å². The van der Waals surface area contributed by atoms with E-state index in [4.69, 9.17) is 17.3 Å². The normalized spacial score (nSPS) is 11.3. The van der Waals surface area contributed by atoms with E-state index < -0.39 is 10.0 Å². The van der Waals surface area contributed by atoms with Gasteiger partial charge in [-0.3, -0.25) is 4.72 Å². The molecule has 0 saturated heterocycles. The molecule has 106 valence electrons. The Morgan fingerprint density at radius 3 is 2.55 bits per heavy atom. The van der Waals surface area contributed by atoms with E-state index in [0.717, 1.165) is 10.7 Å². The number of rotatable bonds is 3. The molecule has 0 aliphatic rings. The summed E-state index contributed by atoms with van der Waals surface area (Å²) in [7, 11) is -3.79. The van der Waals surface area contributed by atoms with Crippen molar-refractivity contribution in [2.75, 3.05) is 10.5 Å². The standard InChI is InChI=1S/C11H8Br2ClN3O2S/c12-6-1-2-10(8(13)3-6)17-20(18,19)7-4-9(14)11(15)16-5-7/h1-5,17H,(H2,15,16). The Kier molecular flexibility index (Phi) is 4.58. The molecule has 2 aromatic rings. The van der Waals surface area contributed by atoms with Crippen LogP contribution < -0.4 is 10.5 Å². The Bertz CT molecular complexity index is 768. The topological polar surface area (TPSA) is 85.1 Å². The summed E-state index contributed by atoms with van der Waals surface area (Å²) >= 11 is 12.3. The van der Waals surface area contributed by atoms with Gasteiger partial charge in [-0.05, 0) is 40.2 Å². The number of sulfonamides is 1. The molecular formula is C11H8Br2ClN3O2S. The lowest BCUT2D eigenvalue weighted by Gasteiger charge is -2.10. The number of pyridine rings is 1. The molecule has 0 bridgehead atoms. The fraction of sp³-hybridized carbons (Fsp3) is 0. The first-order valence-corrected chi connectivity index (χ1v) is 8.63. The molecule has 0 fully saturated rings. The highest BCUT2D eigenvalue weighted by atomic mass is 79.9. The van der Waals surface area contributed by atoms with Gasteiger partial charge in [0.05, 0.1) is 10.7 Å². The summed E-state index contributed by atoms with van der Waals surface area (Å²) in [4.78, 5) is 3.67. The Morgan fingerprint density at radius 1 is 1.25 bits per heavy atom. The van der Waals surface area contributed by atoms with Crippen LogP contribution in [0.2, 0.25) is 5.02 Å². The maximum atomic E-state index is 12.2. The number of nitrogen functional groups attached to an aromatic ring is 1. The molecule has 0 spiro atoms. The first-order valence-electron chi connectivity index (χ1n) is 5.18. The third-order valence-electron chi connectivity index (χ3n) is 2.33. The second-order valence-corrected chi connectivity index (χ2v) is 7.63. The van der Waals surface area contributed by atoms with Gasteiger partial charge < -0.3 is 5.73 Å². The molecule has 1 aromatic heterocycles. The number of hydrogen-bond acceptors (Lipinski definition) is 4. The van der Waals surface area contributed by atoms with Crippen molar-refractivity contribution in [3.63, 3.8) is 0 Å². The van der Waals surface area contributed by atoms with Gasteiger partial charge in [0.25, 0.3) is 10.0 Å². The number of halogens is 3. The van der Waals surface area contributed by atoms with Gasteiger partial charge in [0.1, 0.15) is 10.7 Å². The average Bonchev–Trinajstić information content (AvgIpc) is 2.36. The van der Waals surface area contributed by atoms with E-state index in [1.165, 1.54) is 6.07 Å². The quantitative estimate of drug-likeness (QED) is 0.762. The molecule has 9 heteroatoms. The minimum absolute atomic E-state index is 0.0634. The Balaban J connectivity index is 2.38. The smallest absolute Gasteiger partial charge is 0.263 e. The van der Waals surface area contributed by atoms with Gasteiger partial charge in [0.2, 0.25) is 0 Å². The van der Waals surface area contributed by atoms with Gasteiger partial charge in [-0.25, -0.2) is 13.4 Å². The van der Waals surface area contributed by atoms with Crippen molar-refractivity contribution in [2.24, 2.45) is 0 Å². The summed E-state index contributed by atoms with van der Waals surface area (Å²) < 4.78 is 28.3. The highest BCUT2D eigenvalue weighted by molar-refractivity contribution is 9.11. The van der Waals surface area contributed by atoms with Crippen LogP contribution in [0.25, 0.3) is 0 Å².